The van der Waals surface area contributed by atoms with E-state index in [4.69, 9.17) is 5.11 Å². The number of carbonyl (C=O) groups is 2. The molecule has 1 aliphatic heterocycles. The molecular weight excluding hydrogens is 276 g/mol. The largest absolute Gasteiger partial charge is 0.480 e. The summed E-state index contributed by atoms with van der Waals surface area (Å²) in [5, 5.41) is 8.73. The van der Waals surface area contributed by atoms with Crippen molar-refractivity contribution in [1.82, 2.24) is 4.90 Å². The van der Waals surface area contributed by atoms with Gasteiger partial charge in [0.1, 0.15) is 5.25 Å². The molecule has 20 heavy (non-hydrogen) atoms. The second-order valence-electron chi connectivity index (χ2n) is 4.76. The van der Waals surface area contributed by atoms with Crippen molar-refractivity contribution in [3.05, 3.63) is 29.3 Å². The monoisotopic (exact) mass is 292 g/mol. The lowest BCUT2D eigenvalue weighted by atomic mass is 10.1. The fourth-order valence-corrected chi connectivity index (χ4v) is 2.79. The van der Waals surface area contributed by atoms with Crippen LogP contribution >= 0.6 is 11.8 Å². The highest BCUT2D eigenvalue weighted by Crippen LogP contribution is 2.28. The van der Waals surface area contributed by atoms with Gasteiger partial charge >= 0.3 is 5.97 Å². The molecule has 1 N–H and O–H groups in total. The van der Waals surface area contributed by atoms with Gasteiger partial charge in [-0.1, -0.05) is 17.8 Å². The molecule has 0 saturated carbocycles. The highest BCUT2D eigenvalue weighted by molar-refractivity contribution is 8.15. The number of amidine groups is 1. The number of thioether (sulfide) groups is 1. The fraction of sp³-hybridized carbons (Fsp3) is 0.357. The quantitative estimate of drug-likeness (QED) is 0.908. The number of hydrogen-bond donors (Lipinski definition) is 1. The van der Waals surface area contributed by atoms with Crippen molar-refractivity contribution in [2.24, 2.45) is 4.99 Å². The summed E-state index contributed by atoms with van der Waals surface area (Å²) >= 11 is 1.11. The van der Waals surface area contributed by atoms with Crippen molar-refractivity contribution in [1.29, 1.82) is 0 Å². The molecule has 1 aromatic rings. The predicted molar refractivity (Wildman–Crippen MR) is 79.4 cm³/mol. The summed E-state index contributed by atoms with van der Waals surface area (Å²) in [4.78, 5) is 28.7. The Morgan fingerprint density at radius 3 is 2.70 bits per heavy atom. The lowest BCUT2D eigenvalue weighted by Gasteiger charge is -2.27. The van der Waals surface area contributed by atoms with E-state index in [-0.39, 0.29) is 12.3 Å². The summed E-state index contributed by atoms with van der Waals surface area (Å²) in [5.41, 5.74) is 3.00. The fourth-order valence-electron chi connectivity index (χ4n) is 1.79. The van der Waals surface area contributed by atoms with Gasteiger partial charge in [-0.05, 0) is 37.1 Å². The predicted octanol–water partition coefficient (Wildman–Crippen LogP) is 2.34. The standard InChI is InChI=1S/C14H16N2O3S/c1-8-4-5-10(6-9(8)2)15-14-16(3)12(17)7-11(20-14)13(18)19/h4-6,11H,7H2,1-3H3,(H,18,19)/t11-/m1/s1. The summed E-state index contributed by atoms with van der Waals surface area (Å²) in [6.45, 7) is 4.00. The van der Waals surface area contributed by atoms with Crippen molar-refractivity contribution in [2.75, 3.05) is 7.05 Å². The second kappa shape index (κ2) is 5.66. The van der Waals surface area contributed by atoms with Crippen molar-refractivity contribution in [3.8, 4) is 0 Å². The molecule has 1 amide bonds. The molecule has 1 aliphatic rings. The van der Waals surface area contributed by atoms with Crippen LogP contribution in [-0.2, 0) is 9.59 Å². The third kappa shape index (κ3) is 3.01. The molecule has 0 aliphatic carbocycles. The van der Waals surface area contributed by atoms with Gasteiger partial charge < -0.3 is 5.11 Å². The number of aryl methyl sites for hydroxylation is 2. The maximum Gasteiger partial charge on any atom is 0.317 e. The molecule has 1 atom stereocenters. The van der Waals surface area contributed by atoms with E-state index in [2.05, 4.69) is 4.99 Å². The Balaban J connectivity index is 2.32. The number of benzene rings is 1. The molecule has 0 bridgehead atoms. The van der Waals surface area contributed by atoms with Crippen LogP contribution in [0.1, 0.15) is 17.5 Å². The van der Waals surface area contributed by atoms with E-state index in [0.717, 1.165) is 28.6 Å². The third-order valence-electron chi connectivity index (χ3n) is 3.26. The van der Waals surface area contributed by atoms with Gasteiger partial charge in [0.15, 0.2) is 5.17 Å². The van der Waals surface area contributed by atoms with Crippen molar-refractivity contribution < 1.29 is 14.7 Å². The van der Waals surface area contributed by atoms with E-state index in [0.29, 0.717) is 5.17 Å². The molecule has 2 rings (SSSR count). The van der Waals surface area contributed by atoms with Gasteiger partial charge in [-0.15, -0.1) is 0 Å². The van der Waals surface area contributed by atoms with Gasteiger partial charge in [0.2, 0.25) is 5.91 Å². The molecule has 0 spiro atoms. The number of nitrogens with zero attached hydrogens (tertiary/aromatic N) is 2. The SMILES string of the molecule is Cc1ccc(N=C2S[C@@H](C(=O)O)CC(=O)N2C)cc1C. The molecule has 0 unspecified atom stereocenters. The molecule has 1 aromatic carbocycles. The summed E-state index contributed by atoms with van der Waals surface area (Å²) in [6.07, 6.45) is 0.00243. The number of hydrogen-bond acceptors (Lipinski definition) is 4. The zero-order valence-corrected chi connectivity index (χ0v) is 12.4. The van der Waals surface area contributed by atoms with E-state index < -0.39 is 11.2 Å². The number of carboxylic acids is 1. The Bertz CT molecular complexity index is 598. The summed E-state index contributed by atoms with van der Waals surface area (Å²) in [6, 6.07) is 5.74. The topological polar surface area (TPSA) is 70.0 Å². The molecule has 0 aromatic heterocycles. The van der Waals surface area contributed by atoms with Gasteiger partial charge in [0, 0.05) is 7.05 Å². The zero-order chi connectivity index (χ0) is 14.9. The van der Waals surface area contributed by atoms with Crippen LogP contribution in [0.2, 0.25) is 0 Å². The van der Waals surface area contributed by atoms with Gasteiger partial charge in [-0.3, -0.25) is 14.5 Å². The normalized spacial score (nSPS) is 21.4. The van der Waals surface area contributed by atoms with Crippen molar-refractivity contribution >= 4 is 34.5 Å². The van der Waals surface area contributed by atoms with Gasteiger partial charge in [0.05, 0.1) is 12.1 Å². The lowest BCUT2D eigenvalue weighted by Crippen LogP contribution is -2.41. The number of rotatable bonds is 2. The molecule has 1 heterocycles. The first-order chi connectivity index (χ1) is 9.38. The van der Waals surface area contributed by atoms with Crippen LogP contribution in [0, 0.1) is 13.8 Å². The highest BCUT2D eigenvalue weighted by atomic mass is 32.2. The molecule has 1 fully saturated rings. The Morgan fingerprint density at radius 2 is 2.10 bits per heavy atom. The Morgan fingerprint density at radius 1 is 1.40 bits per heavy atom. The highest BCUT2D eigenvalue weighted by Gasteiger charge is 2.33. The summed E-state index contributed by atoms with van der Waals surface area (Å²) in [7, 11) is 1.62. The van der Waals surface area contributed by atoms with Crippen LogP contribution in [-0.4, -0.2) is 39.3 Å². The van der Waals surface area contributed by atoms with Crippen LogP contribution < -0.4 is 0 Å². The molecule has 106 valence electrons. The summed E-state index contributed by atoms with van der Waals surface area (Å²) in [5.74, 6) is -1.21. The number of aliphatic imine (C=N–C) groups is 1. The van der Waals surface area contributed by atoms with E-state index in [9.17, 15) is 9.59 Å². The molecule has 0 radical (unpaired) electrons. The molecule has 1 saturated heterocycles. The maximum absolute atomic E-state index is 11.8. The van der Waals surface area contributed by atoms with Crippen LogP contribution in [0.4, 0.5) is 5.69 Å². The Hall–Kier alpha value is -1.82. The van der Waals surface area contributed by atoms with Crippen LogP contribution in [0.25, 0.3) is 0 Å². The number of aliphatic carboxylic acids is 1. The van der Waals surface area contributed by atoms with Crippen molar-refractivity contribution in [3.63, 3.8) is 0 Å². The minimum absolute atomic E-state index is 0.00243. The maximum atomic E-state index is 11.8. The first-order valence-electron chi connectivity index (χ1n) is 6.20. The summed E-state index contributed by atoms with van der Waals surface area (Å²) < 4.78 is 0. The Kier molecular flexibility index (Phi) is 4.13. The van der Waals surface area contributed by atoms with E-state index >= 15 is 0 Å². The van der Waals surface area contributed by atoms with Crippen LogP contribution in [0.5, 0.6) is 0 Å². The molecule has 5 nitrogen and oxygen atoms in total. The van der Waals surface area contributed by atoms with E-state index in [1.54, 1.807) is 7.05 Å². The van der Waals surface area contributed by atoms with Gasteiger partial charge in [-0.25, -0.2) is 4.99 Å². The number of amides is 1. The van der Waals surface area contributed by atoms with Gasteiger partial charge in [0.25, 0.3) is 0 Å². The van der Waals surface area contributed by atoms with E-state index in [1.165, 1.54) is 4.90 Å². The number of carboxylic acid groups (broad SMARTS) is 1. The van der Waals surface area contributed by atoms with E-state index in [1.807, 2.05) is 32.0 Å². The smallest absolute Gasteiger partial charge is 0.317 e. The zero-order valence-electron chi connectivity index (χ0n) is 11.6. The molecule has 6 heteroatoms. The first-order valence-corrected chi connectivity index (χ1v) is 7.08. The molecular formula is C14H16N2O3S. The first kappa shape index (κ1) is 14.6. The van der Waals surface area contributed by atoms with Crippen LogP contribution in [0.15, 0.2) is 23.2 Å². The van der Waals surface area contributed by atoms with Gasteiger partial charge in [-0.2, -0.15) is 0 Å². The minimum Gasteiger partial charge on any atom is -0.480 e. The lowest BCUT2D eigenvalue weighted by molar-refractivity contribution is -0.139. The van der Waals surface area contributed by atoms with Crippen molar-refractivity contribution in [2.45, 2.75) is 25.5 Å². The minimum atomic E-state index is -0.982. The average Bonchev–Trinajstić information content (AvgIpc) is 2.38. The Labute approximate surface area is 121 Å². The average molecular weight is 292 g/mol. The van der Waals surface area contributed by atoms with Crippen LogP contribution in [0.3, 0.4) is 0 Å². The number of carbonyl (C=O) groups excluding carboxylic acids is 1. The third-order valence-corrected chi connectivity index (χ3v) is 4.49. The second-order valence-corrected chi connectivity index (χ2v) is 5.93.